The van der Waals surface area contributed by atoms with Crippen LogP contribution in [-0.2, 0) is 9.53 Å². The van der Waals surface area contributed by atoms with Crippen molar-refractivity contribution >= 4 is 12.1 Å². The molecule has 0 unspecified atom stereocenters. The maximum atomic E-state index is 11.3. The fraction of sp³-hybridized carbons (Fsp3) is 0.800. The first-order valence-corrected chi connectivity index (χ1v) is 5.07. The monoisotopic (exact) mass is 233 g/mol. The van der Waals surface area contributed by atoms with Crippen molar-refractivity contribution in [3.63, 3.8) is 0 Å². The Bertz CT molecular complexity index is 246. The van der Waals surface area contributed by atoms with Crippen molar-refractivity contribution in [1.29, 1.82) is 0 Å². The highest BCUT2D eigenvalue weighted by molar-refractivity contribution is 5.69. The van der Waals surface area contributed by atoms with Gasteiger partial charge < -0.3 is 20.3 Å². The molecule has 0 aromatic rings. The number of carbonyl (C=O) groups is 2. The molecule has 0 saturated carbocycles. The van der Waals surface area contributed by atoms with Gasteiger partial charge in [-0.1, -0.05) is 0 Å². The number of aliphatic hydroxyl groups is 1. The van der Waals surface area contributed by atoms with Crippen LogP contribution in [-0.4, -0.2) is 40.5 Å². The van der Waals surface area contributed by atoms with E-state index >= 15 is 0 Å². The van der Waals surface area contributed by atoms with Gasteiger partial charge in [-0.25, -0.2) is 4.79 Å². The van der Waals surface area contributed by atoms with Crippen LogP contribution in [0, 0.1) is 0 Å². The molecule has 16 heavy (non-hydrogen) atoms. The van der Waals surface area contributed by atoms with Crippen molar-refractivity contribution in [3.8, 4) is 0 Å². The van der Waals surface area contributed by atoms with Gasteiger partial charge in [-0.2, -0.15) is 0 Å². The van der Waals surface area contributed by atoms with Crippen LogP contribution in [0.3, 0.4) is 0 Å². The smallest absolute Gasteiger partial charge is 0.407 e. The Morgan fingerprint density at radius 2 is 1.94 bits per heavy atom. The van der Waals surface area contributed by atoms with Crippen molar-refractivity contribution in [2.24, 2.45) is 0 Å². The molecule has 6 heteroatoms. The van der Waals surface area contributed by atoms with E-state index in [1.54, 1.807) is 20.8 Å². The summed E-state index contributed by atoms with van der Waals surface area (Å²) < 4.78 is 4.97. The number of hydrogen-bond acceptors (Lipinski definition) is 4. The number of alkyl carbamates (subject to hydrolysis) is 1. The summed E-state index contributed by atoms with van der Waals surface area (Å²) in [7, 11) is 0. The van der Waals surface area contributed by atoms with Crippen LogP contribution in [0.4, 0.5) is 4.79 Å². The van der Waals surface area contributed by atoms with Crippen molar-refractivity contribution in [2.45, 2.75) is 45.3 Å². The van der Waals surface area contributed by atoms with Gasteiger partial charge in [0.1, 0.15) is 5.60 Å². The third-order valence-electron chi connectivity index (χ3n) is 1.65. The number of nitrogens with one attached hydrogen (secondary N) is 1. The van der Waals surface area contributed by atoms with Crippen molar-refractivity contribution < 1.29 is 24.5 Å². The minimum Gasteiger partial charge on any atom is -0.481 e. The summed E-state index contributed by atoms with van der Waals surface area (Å²) in [5.74, 6) is -0.968. The summed E-state index contributed by atoms with van der Waals surface area (Å²) in [4.78, 5) is 21.6. The van der Waals surface area contributed by atoms with E-state index in [0.29, 0.717) is 0 Å². The highest BCUT2D eigenvalue weighted by atomic mass is 16.6. The van der Waals surface area contributed by atoms with Crippen molar-refractivity contribution in [1.82, 2.24) is 5.32 Å². The van der Waals surface area contributed by atoms with Crippen LogP contribution in [0.5, 0.6) is 0 Å². The molecule has 0 bridgehead atoms. The number of amides is 1. The Morgan fingerprint density at radius 3 is 2.31 bits per heavy atom. The molecule has 0 aliphatic rings. The first-order valence-electron chi connectivity index (χ1n) is 5.07. The summed E-state index contributed by atoms with van der Waals surface area (Å²) in [6.07, 6.45) is -0.594. The fourth-order valence-electron chi connectivity index (χ4n) is 0.981. The van der Waals surface area contributed by atoms with E-state index in [-0.39, 0.29) is 19.4 Å². The number of carboxylic acid groups (broad SMARTS) is 1. The Labute approximate surface area is 94.6 Å². The van der Waals surface area contributed by atoms with Crippen LogP contribution in [0.15, 0.2) is 0 Å². The van der Waals surface area contributed by atoms with E-state index in [1.807, 2.05) is 0 Å². The van der Waals surface area contributed by atoms with Crippen LogP contribution in [0.2, 0.25) is 0 Å². The van der Waals surface area contributed by atoms with Gasteiger partial charge in [-0.15, -0.1) is 0 Å². The molecule has 0 heterocycles. The minimum absolute atomic E-state index is 0.110. The molecule has 3 N–H and O–H groups in total. The Morgan fingerprint density at radius 1 is 1.38 bits per heavy atom. The molecule has 1 atom stereocenters. The van der Waals surface area contributed by atoms with E-state index in [9.17, 15) is 9.59 Å². The number of carbonyl (C=O) groups excluding carboxylic acids is 1. The summed E-state index contributed by atoms with van der Waals surface area (Å²) in [5.41, 5.74) is -0.614. The number of ether oxygens (including phenoxy) is 1. The molecule has 1 amide bonds. The summed E-state index contributed by atoms with van der Waals surface area (Å²) in [6, 6.07) is -0.592. The van der Waals surface area contributed by atoms with Crippen molar-refractivity contribution in [3.05, 3.63) is 0 Å². The van der Waals surface area contributed by atoms with Gasteiger partial charge >= 0.3 is 12.1 Å². The van der Waals surface area contributed by atoms with Gasteiger partial charge in [0, 0.05) is 6.42 Å². The molecule has 94 valence electrons. The Hall–Kier alpha value is -1.30. The van der Waals surface area contributed by atoms with Crippen molar-refractivity contribution in [2.75, 3.05) is 6.61 Å². The lowest BCUT2D eigenvalue weighted by Crippen LogP contribution is -2.41. The number of rotatable bonds is 5. The molecule has 0 fully saturated rings. The van der Waals surface area contributed by atoms with Gasteiger partial charge in [0.05, 0.1) is 12.6 Å². The highest BCUT2D eigenvalue weighted by Crippen LogP contribution is 2.07. The SMILES string of the molecule is CC(C)(C)OC(=O)N[C@@H](CO)CCC(=O)O. The first kappa shape index (κ1) is 14.7. The number of hydrogen-bond donors (Lipinski definition) is 3. The molecule has 0 saturated heterocycles. The van der Waals surface area contributed by atoms with Crippen LogP contribution in [0.25, 0.3) is 0 Å². The molecular weight excluding hydrogens is 214 g/mol. The summed E-state index contributed by atoms with van der Waals surface area (Å²) >= 11 is 0. The second-order valence-corrected chi connectivity index (χ2v) is 4.46. The molecule has 0 aromatic heterocycles. The lowest BCUT2D eigenvalue weighted by atomic mass is 10.1. The first-order chi connectivity index (χ1) is 7.24. The molecule has 6 nitrogen and oxygen atoms in total. The van der Waals surface area contributed by atoms with E-state index < -0.39 is 23.7 Å². The molecular formula is C10H19NO5. The lowest BCUT2D eigenvalue weighted by molar-refractivity contribution is -0.137. The number of aliphatic hydroxyl groups excluding tert-OH is 1. The molecule has 0 aliphatic heterocycles. The molecule has 0 aromatic carbocycles. The van der Waals surface area contributed by atoms with E-state index in [4.69, 9.17) is 14.9 Å². The molecule has 0 rings (SSSR count). The predicted molar refractivity (Wildman–Crippen MR) is 57.1 cm³/mol. The zero-order valence-electron chi connectivity index (χ0n) is 9.82. The standard InChI is InChI=1S/C10H19NO5/c1-10(2,3)16-9(15)11-7(6-12)4-5-8(13)14/h7,12H,4-6H2,1-3H3,(H,11,15)(H,13,14)/t7-/m1/s1. The fourth-order valence-corrected chi connectivity index (χ4v) is 0.981. The van der Waals surface area contributed by atoms with Gasteiger partial charge in [-0.05, 0) is 27.2 Å². The predicted octanol–water partition coefficient (Wildman–Crippen LogP) is 0.737. The topological polar surface area (TPSA) is 95.9 Å². The van der Waals surface area contributed by atoms with Gasteiger partial charge in [-0.3, -0.25) is 4.79 Å². The second kappa shape index (κ2) is 6.32. The third kappa shape index (κ3) is 8.05. The second-order valence-electron chi connectivity index (χ2n) is 4.46. The average Bonchev–Trinajstić information content (AvgIpc) is 2.08. The maximum Gasteiger partial charge on any atom is 0.407 e. The quantitative estimate of drug-likeness (QED) is 0.650. The summed E-state index contributed by atoms with van der Waals surface area (Å²) in [6.45, 7) is 4.85. The van der Waals surface area contributed by atoms with Crippen LogP contribution >= 0.6 is 0 Å². The average molecular weight is 233 g/mol. The Kier molecular flexibility index (Phi) is 5.81. The van der Waals surface area contributed by atoms with E-state index in [1.165, 1.54) is 0 Å². The van der Waals surface area contributed by atoms with E-state index in [2.05, 4.69) is 5.32 Å². The molecule has 0 radical (unpaired) electrons. The van der Waals surface area contributed by atoms with Crippen LogP contribution < -0.4 is 5.32 Å². The number of carboxylic acids is 1. The molecule has 0 aliphatic carbocycles. The zero-order chi connectivity index (χ0) is 12.8. The largest absolute Gasteiger partial charge is 0.481 e. The minimum atomic E-state index is -0.968. The zero-order valence-corrected chi connectivity index (χ0v) is 9.82. The van der Waals surface area contributed by atoms with Gasteiger partial charge in [0.15, 0.2) is 0 Å². The maximum absolute atomic E-state index is 11.3. The van der Waals surface area contributed by atoms with Gasteiger partial charge in [0.2, 0.25) is 0 Å². The lowest BCUT2D eigenvalue weighted by Gasteiger charge is -2.22. The van der Waals surface area contributed by atoms with Gasteiger partial charge in [0.25, 0.3) is 0 Å². The summed E-state index contributed by atoms with van der Waals surface area (Å²) in [5, 5.41) is 19.8. The highest BCUT2D eigenvalue weighted by Gasteiger charge is 2.19. The third-order valence-corrected chi connectivity index (χ3v) is 1.65. The molecule has 0 spiro atoms. The Balaban J connectivity index is 4.02. The van der Waals surface area contributed by atoms with Crippen LogP contribution in [0.1, 0.15) is 33.6 Å². The van der Waals surface area contributed by atoms with E-state index in [0.717, 1.165) is 0 Å². The number of aliphatic carboxylic acids is 1. The normalized spacial score (nSPS) is 13.0.